The number of fused-ring (bicyclic) bond motifs is 2. The number of amides is 1. The largest absolute Gasteiger partial charge is 0.490 e. The van der Waals surface area contributed by atoms with Crippen molar-refractivity contribution in [3.8, 4) is 5.75 Å². The molecule has 0 atom stereocenters. The molecule has 1 spiro atoms. The maximum atomic E-state index is 15.4. The highest BCUT2D eigenvalue weighted by Crippen LogP contribution is 2.58. The molecule has 6 fully saturated rings. The number of ether oxygens (including phenoxy) is 2. The second-order valence-electron chi connectivity index (χ2n) is 16.6. The van der Waals surface area contributed by atoms with Crippen molar-refractivity contribution < 1.29 is 41.7 Å². The normalized spacial score (nSPS) is 30.1. The van der Waals surface area contributed by atoms with Crippen LogP contribution in [0.2, 0.25) is 0 Å². The lowest BCUT2D eigenvalue weighted by Crippen LogP contribution is -2.70. The average Bonchev–Trinajstić information content (AvgIpc) is 3.38. The lowest BCUT2D eigenvalue weighted by molar-refractivity contribution is -0.163. The molecule has 52 heavy (non-hydrogen) atoms. The molecular weight excluding hydrogens is 682 g/mol. The standard InChI is InChI=1S/C38H47F4N5O5/c1-35(39,40)20-46-9-5-26(6-10-46)52-27-3-4-30-29(18-27)37(7-11-51-12-8-37)21-47(30)34-43-19-28(31(44-34)36(2,41)42)32(48)45-38(33(49)50)24-14-22-13-23(16-24)17-25(38)15-22/h3-4,18-19,22-26H,5-17,20-21H2,1-2H3,(H,45,48)(H,49,50). The van der Waals surface area contributed by atoms with Crippen molar-refractivity contribution in [2.45, 2.75) is 101 Å². The molecule has 1 aromatic carbocycles. The molecule has 2 aromatic rings. The van der Waals surface area contributed by atoms with E-state index in [4.69, 9.17) is 9.47 Å². The van der Waals surface area contributed by atoms with E-state index in [1.165, 1.54) is 0 Å². The number of likely N-dealkylation sites (tertiary alicyclic amines) is 1. The topological polar surface area (TPSA) is 117 Å². The number of anilines is 2. The molecule has 282 valence electrons. The van der Waals surface area contributed by atoms with Gasteiger partial charge in [0.15, 0.2) is 0 Å². The van der Waals surface area contributed by atoms with Crippen LogP contribution in [0.25, 0.3) is 0 Å². The molecule has 9 rings (SSSR count). The zero-order valence-corrected chi connectivity index (χ0v) is 29.7. The lowest BCUT2D eigenvalue weighted by atomic mass is 9.48. The number of carboxylic acid groups (broad SMARTS) is 1. The molecule has 2 saturated heterocycles. The van der Waals surface area contributed by atoms with E-state index in [1.807, 2.05) is 18.2 Å². The molecule has 4 saturated carbocycles. The molecule has 10 nitrogen and oxygen atoms in total. The minimum absolute atomic E-state index is 0.0222. The van der Waals surface area contributed by atoms with Gasteiger partial charge >= 0.3 is 5.97 Å². The van der Waals surface area contributed by atoms with Gasteiger partial charge in [-0.3, -0.25) is 9.69 Å². The first kappa shape index (κ1) is 35.5. The van der Waals surface area contributed by atoms with Gasteiger partial charge in [0, 0.05) is 64.0 Å². The van der Waals surface area contributed by atoms with Gasteiger partial charge < -0.3 is 24.8 Å². The number of nitrogens with zero attached hydrogens (tertiary/aromatic N) is 4. The van der Waals surface area contributed by atoms with Gasteiger partial charge in [-0.2, -0.15) is 8.78 Å². The van der Waals surface area contributed by atoms with E-state index in [1.54, 1.807) is 9.80 Å². The van der Waals surface area contributed by atoms with Crippen LogP contribution >= 0.6 is 0 Å². The Bertz CT molecular complexity index is 1690. The summed E-state index contributed by atoms with van der Waals surface area (Å²) in [6, 6.07) is 5.68. The summed E-state index contributed by atoms with van der Waals surface area (Å²) >= 11 is 0. The summed E-state index contributed by atoms with van der Waals surface area (Å²) in [5.74, 6) is -7.21. The van der Waals surface area contributed by atoms with Crippen LogP contribution in [0, 0.1) is 23.7 Å². The van der Waals surface area contributed by atoms with E-state index in [9.17, 15) is 23.5 Å². The van der Waals surface area contributed by atoms with E-state index in [0.29, 0.717) is 109 Å². The third-order valence-corrected chi connectivity index (χ3v) is 12.9. The summed E-state index contributed by atoms with van der Waals surface area (Å²) in [6.45, 7) is 3.83. The summed E-state index contributed by atoms with van der Waals surface area (Å²) in [4.78, 5) is 39.2. The Kier molecular flexibility index (Phi) is 8.75. The number of hydrogen-bond donors (Lipinski definition) is 2. The third kappa shape index (κ3) is 6.31. The highest BCUT2D eigenvalue weighted by Gasteiger charge is 2.62. The number of carbonyl (C=O) groups excluding carboxylic acids is 1. The maximum absolute atomic E-state index is 15.4. The second-order valence-corrected chi connectivity index (χ2v) is 16.6. The second kappa shape index (κ2) is 12.8. The fourth-order valence-corrected chi connectivity index (χ4v) is 10.7. The summed E-state index contributed by atoms with van der Waals surface area (Å²) in [7, 11) is 0. The quantitative estimate of drug-likeness (QED) is 0.287. The van der Waals surface area contributed by atoms with Crippen molar-refractivity contribution in [2.75, 3.05) is 44.3 Å². The third-order valence-electron chi connectivity index (χ3n) is 12.9. The van der Waals surface area contributed by atoms with E-state index in [-0.39, 0.29) is 35.8 Å². The fraction of sp³-hybridized carbons (Fsp3) is 0.684. The fourth-order valence-electron chi connectivity index (χ4n) is 10.7. The Morgan fingerprint density at radius 1 is 1.02 bits per heavy atom. The Hall–Kier alpha value is -3.52. The Balaban J connectivity index is 1.07. The number of nitrogens with one attached hydrogen (secondary N) is 1. The molecule has 0 unspecified atom stereocenters. The summed E-state index contributed by atoms with van der Waals surface area (Å²) < 4.78 is 70.0. The Morgan fingerprint density at radius 3 is 2.27 bits per heavy atom. The van der Waals surface area contributed by atoms with Gasteiger partial charge in [0.2, 0.25) is 5.95 Å². The minimum Gasteiger partial charge on any atom is -0.490 e. The van der Waals surface area contributed by atoms with E-state index >= 15 is 8.78 Å². The van der Waals surface area contributed by atoms with Crippen molar-refractivity contribution >= 4 is 23.5 Å². The number of rotatable bonds is 9. The zero-order valence-electron chi connectivity index (χ0n) is 29.7. The summed E-state index contributed by atoms with van der Waals surface area (Å²) in [5.41, 5.74) is -1.35. The molecule has 4 heterocycles. The Labute approximate surface area is 300 Å². The molecule has 0 radical (unpaired) electrons. The molecule has 4 bridgehead atoms. The van der Waals surface area contributed by atoms with Gasteiger partial charge in [-0.05, 0) is 105 Å². The van der Waals surface area contributed by atoms with Crippen molar-refractivity contribution in [3.63, 3.8) is 0 Å². The maximum Gasteiger partial charge on any atom is 0.330 e. The molecule has 4 aliphatic carbocycles. The summed E-state index contributed by atoms with van der Waals surface area (Å²) in [5, 5.41) is 13.3. The first-order chi connectivity index (χ1) is 24.6. The van der Waals surface area contributed by atoms with Crippen molar-refractivity contribution in [2.24, 2.45) is 23.7 Å². The average molecular weight is 730 g/mol. The van der Waals surface area contributed by atoms with Crippen LogP contribution in [0.3, 0.4) is 0 Å². The molecule has 3 aliphatic heterocycles. The predicted octanol–water partition coefficient (Wildman–Crippen LogP) is 6.30. The number of alkyl halides is 4. The zero-order chi connectivity index (χ0) is 36.6. The summed E-state index contributed by atoms with van der Waals surface area (Å²) in [6.07, 6.45) is 7.51. The van der Waals surface area contributed by atoms with Crippen LogP contribution in [-0.4, -0.2) is 88.8 Å². The molecule has 1 aromatic heterocycles. The number of carbonyl (C=O) groups is 2. The molecule has 2 N–H and O–H groups in total. The van der Waals surface area contributed by atoms with E-state index < -0.39 is 40.5 Å². The predicted molar refractivity (Wildman–Crippen MR) is 182 cm³/mol. The van der Waals surface area contributed by atoms with E-state index in [0.717, 1.165) is 30.8 Å². The van der Waals surface area contributed by atoms with Gasteiger partial charge in [0.25, 0.3) is 17.8 Å². The number of benzene rings is 1. The van der Waals surface area contributed by atoms with Crippen LogP contribution in [0.5, 0.6) is 5.75 Å². The highest BCUT2D eigenvalue weighted by atomic mass is 19.3. The number of hydrogen-bond acceptors (Lipinski definition) is 8. The molecule has 14 heteroatoms. The van der Waals surface area contributed by atoms with Gasteiger partial charge in [0.1, 0.15) is 23.1 Å². The minimum atomic E-state index is -3.52. The van der Waals surface area contributed by atoms with Gasteiger partial charge in [-0.25, -0.2) is 23.5 Å². The lowest BCUT2D eigenvalue weighted by Gasteiger charge is -2.59. The highest BCUT2D eigenvalue weighted by molar-refractivity contribution is 5.99. The van der Waals surface area contributed by atoms with Crippen molar-refractivity contribution in [1.29, 1.82) is 0 Å². The monoisotopic (exact) mass is 729 g/mol. The van der Waals surface area contributed by atoms with Crippen LogP contribution in [0.4, 0.5) is 29.2 Å². The molecule has 1 amide bonds. The van der Waals surface area contributed by atoms with Crippen molar-refractivity contribution in [3.05, 3.63) is 41.2 Å². The first-order valence-electron chi connectivity index (χ1n) is 18.7. The van der Waals surface area contributed by atoms with Gasteiger partial charge in [-0.15, -0.1) is 0 Å². The SMILES string of the molecule is CC(F)(F)CN1CCC(Oc2ccc3c(c2)C2(CCOCC2)CN3c2ncc(C(=O)NC3(C(=O)O)C4CC5CC(C4)CC3C5)c(C(C)(F)F)n2)CC1. The smallest absolute Gasteiger partial charge is 0.330 e. The van der Waals surface area contributed by atoms with Crippen molar-refractivity contribution in [1.82, 2.24) is 20.2 Å². The van der Waals surface area contributed by atoms with Crippen LogP contribution in [-0.2, 0) is 20.9 Å². The molecule has 7 aliphatic rings. The van der Waals surface area contributed by atoms with Gasteiger partial charge in [0.05, 0.1) is 12.1 Å². The number of aliphatic carboxylic acids is 1. The van der Waals surface area contributed by atoms with Crippen LogP contribution < -0.4 is 15.0 Å². The number of aromatic nitrogens is 2. The van der Waals surface area contributed by atoms with Crippen LogP contribution in [0.1, 0.15) is 93.3 Å². The Morgan fingerprint density at radius 2 is 1.67 bits per heavy atom. The number of carboxylic acids is 1. The van der Waals surface area contributed by atoms with E-state index in [2.05, 4.69) is 15.3 Å². The first-order valence-corrected chi connectivity index (χ1v) is 18.7. The van der Waals surface area contributed by atoms with Crippen LogP contribution in [0.15, 0.2) is 24.4 Å². The number of piperidine rings is 1. The number of halogens is 4. The molecular formula is C38H47F4N5O5. The van der Waals surface area contributed by atoms with Gasteiger partial charge in [-0.1, -0.05) is 0 Å².